The summed E-state index contributed by atoms with van der Waals surface area (Å²) in [5, 5.41) is 12.3. The van der Waals surface area contributed by atoms with Crippen LogP contribution in [0.2, 0.25) is 10.0 Å². The highest BCUT2D eigenvalue weighted by Gasteiger charge is 2.13. The number of amides is 1. The van der Waals surface area contributed by atoms with Gasteiger partial charge in [0.25, 0.3) is 0 Å². The van der Waals surface area contributed by atoms with E-state index in [1.54, 1.807) is 25.1 Å². The molecule has 0 atom stereocenters. The van der Waals surface area contributed by atoms with Gasteiger partial charge in [-0.05, 0) is 48.4 Å². The first-order valence-corrected chi connectivity index (χ1v) is 7.51. The van der Waals surface area contributed by atoms with Gasteiger partial charge in [0.1, 0.15) is 5.82 Å². The molecule has 2 aromatic rings. The third-order valence-corrected chi connectivity index (χ3v) is 3.72. The highest BCUT2D eigenvalue weighted by atomic mass is 35.5. The van der Waals surface area contributed by atoms with Crippen LogP contribution in [-0.2, 0) is 4.79 Å². The summed E-state index contributed by atoms with van der Waals surface area (Å²) in [5.74, 6) is -2.61. The molecule has 0 fully saturated rings. The summed E-state index contributed by atoms with van der Waals surface area (Å²) in [6.07, 6.45) is 1.27. The molecule has 0 radical (unpaired) electrons. The normalized spacial score (nSPS) is 11.2. The van der Waals surface area contributed by atoms with Crippen LogP contribution in [-0.4, -0.2) is 17.0 Å². The Labute approximate surface area is 147 Å². The molecule has 0 unspecified atom stereocenters. The number of carboxylic acids is 1. The summed E-state index contributed by atoms with van der Waals surface area (Å²) in [6, 6.07) is 7.95. The number of carboxylic acid groups (broad SMARTS) is 1. The van der Waals surface area contributed by atoms with E-state index < -0.39 is 17.7 Å². The third kappa shape index (κ3) is 4.34. The molecule has 2 rings (SSSR count). The Balaban J connectivity index is 2.26. The van der Waals surface area contributed by atoms with Gasteiger partial charge in [-0.1, -0.05) is 29.3 Å². The number of allylic oxidation sites excluding steroid dienone is 1. The van der Waals surface area contributed by atoms with Gasteiger partial charge in [-0.15, -0.1) is 0 Å². The van der Waals surface area contributed by atoms with Crippen molar-refractivity contribution in [2.45, 2.75) is 6.92 Å². The van der Waals surface area contributed by atoms with Crippen LogP contribution in [0.3, 0.4) is 0 Å². The van der Waals surface area contributed by atoms with Crippen LogP contribution >= 0.6 is 23.2 Å². The first-order chi connectivity index (χ1) is 11.3. The lowest BCUT2D eigenvalue weighted by atomic mass is 10.1. The lowest BCUT2D eigenvalue weighted by molar-refractivity contribution is -0.111. The van der Waals surface area contributed by atoms with Gasteiger partial charge in [0.05, 0.1) is 11.3 Å². The molecule has 7 heteroatoms. The smallest absolute Gasteiger partial charge is 0.337 e. The van der Waals surface area contributed by atoms with E-state index in [2.05, 4.69) is 5.32 Å². The van der Waals surface area contributed by atoms with Crippen LogP contribution in [0.15, 0.2) is 42.5 Å². The third-order valence-electron chi connectivity index (χ3n) is 3.17. The summed E-state index contributed by atoms with van der Waals surface area (Å²) in [5.41, 5.74) is 0.848. The Bertz CT molecular complexity index is 850. The molecule has 4 nitrogen and oxygen atoms in total. The molecule has 0 saturated heterocycles. The summed E-state index contributed by atoms with van der Waals surface area (Å²) < 4.78 is 13.1. The van der Waals surface area contributed by atoms with E-state index >= 15 is 0 Å². The molecule has 0 bridgehead atoms. The van der Waals surface area contributed by atoms with Crippen molar-refractivity contribution in [1.82, 2.24) is 0 Å². The van der Waals surface area contributed by atoms with E-state index in [4.69, 9.17) is 28.3 Å². The van der Waals surface area contributed by atoms with Crippen molar-refractivity contribution < 1.29 is 19.1 Å². The molecule has 0 saturated carbocycles. The first kappa shape index (κ1) is 18.0. The zero-order valence-corrected chi connectivity index (χ0v) is 14.0. The molecule has 0 heterocycles. The van der Waals surface area contributed by atoms with E-state index in [1.807, 2.05) is 0 Å². The molecule has 2 N–H and O–H groups in total. The number of carbonyl (C=O) groups is 2. The second kappa shape index (κ2) is 7.47. The molecular formula is C17H12Cl2FNO3. The minimum atomic E-state index is -1.34. The van der Waals surface area contributed by atoms with Gasteiger partial charge in [0, 0.05) is 16.1 Å². The van der Waals surface area contributed by atoms with Crippen LogP contribution in [0, 0.1) is 5.82 Å². The molecule has 0 aliphatic carbocycles. The van der Waals surface area contributed by atoms with E-state index in [0.717, 1.165) is 12.1 Å². The van der Waals surface area contributed by atoms with Gasteiger partial charge in [-0.3, -0.25) is 4.79 Å². The van der Waals surface area contributed by atoms with E-state index in [-0.39, 0.29) is 11.3 Å². The quantitative estimate of drug-likeness (QED) is 0.757. The lowest BCUT2D eigenvalue weighted by Gasteiger charge is -2.08. The fourth-order valence-corrected chi connectivity index (χ4v) is 2.61. The van der Waals surface area contributed by atoms with Crippen LogP contribution in [0.5, 0.6) is 0 Å². The number of rotatable bonds is 4. The Morgan fingerprint density at radius 2 is 1.83 bits per heavy atom. The standard InChI is InChI=1S/C17H12Cl2FNO3/c1-9(12-4-2-10(18)7-14(12)19)6-16(22)21-15-5-3-11(20)8-13(15)17(23)24/h2-8H,1H3,(H,21,22)(H,23,24)/b9-6-. The van der Waals surface area contributed by atoms with Gasteiger partial charge in [-0.25, -0.2) is 9.18 Å². The number of benzene rings is 2. The van der Waals surface area contributed by atoms with E-state index in [0.29, 0.717) is 21.2 Å². The number of aromatic carboxylic acids is 1. The van der Waals surface area contributed by atoms with Crippen molar-refractivity contribution in [1.29, 1.82) is 0 Å². The SMILES string of the molecule is C/C(=C/C(=O)Nc1ccc(F)cc1C(=O)O)c1ccc(Cl)cc1Cl. The highest BCUT2D eigenvalue weighted by molar-refractivity contribution is 6.35. The Kier molecular flexibility index (Phi) is 5.59. The number of hydrogen-bond donors (Lipinski definition) is 2. The van der Waals surface area contributed by atoms with Crippen molar-refractivity contribution in [2.24, 2.45) is 0 Å². The Morgan fingerprint density at radius 3 is 2.46 bits per heavy atom. The number of nitrogens with one attached hydrogen (secondary N) is 1. The summed E-state index contributed by atoms with van der Waals surface area (Å²) in [7, 11) is 0. The second-order valence-electron chi connectivity index (χ2n) is 4.94. The van der Waals surface area contributed by atoms with Crippen LogP contribution < -0.4 is 5.32 Å². The maximum Gasteiger partial charge on any atom is 0.337 e. The zero-order chi connectivity index (χ0) is 17.9. The van der Waals surface area contributed by atoms with Gasteiger partial charge >= 0.3 is 5.97 Å². The van der Waals surface area contributed by atoms with Crippen molar-refractivity contribution in [2.75, 3.05) is 5.32 Å². The monoisotopic (exact) mass is 367 g/mol. The summed E-state index contributed by atoms with van der Waals surface area (Å²) in [6.45, 7) is 1.68. The molecule has 1 amide bonds. The van der Waals surface area contributed by atoms with E-state index in [9.17, 15) is 14.0 Å². The van der Waals surface area contributed by atoms with Gasteiger partial charge in [-0.2, -0.15) is 0 Å². The van der Waals surface area contributed by atoms with Crippen molar-refractivity contribution in [3.05, 3.63) is 69.5 Å². The second-order valence-corrected chi connectivity index (χ2v) is 5.78. The number of anilines is 1. The largest absolute Gasteiger partial charge is 0.478 e. The molecular weight excluding hydrogens is 356 g/mol. The van der Waals surface area contributed by atoms with Crippen molar-refractivity contribution in [3.8, 4) is 0 Å². The van der Waals surface area contributed by atoms with Gasteiger partial charge < -0.3 is 10.4 Å². The Hall–Kier alpha value is -2.37. The average Bonchev–Trinajstić information content (AvgIpc) is 2.48. The predicted molar refractivity (Wildman–Crippen MR) is 92.1 cm³/mol. The number of carbonyl (C=O) groups excluding carboxylic acids is 1. The van der Waals surface area contributed by atoms with Crippen LogP contribution in [0.4, 0.5) is 10.1 Å². The molecule has 24 heavy (non-hydrogen) atoms. The van der Waals surface area contributed by atoms with Gasteiger partial charge in [0.15, 0.2) is 0 Å². The molecule has 0 spiro atoms. The molecule has 0 aliphatic rings. The van der Waals surface area contributed by atoms with Gasteiger partial charge in [0.2, 0.25) is 5.91 Å². The maximum atomic E-state index is 13.1. The summed E-state index contributed by atoms with van der Waals surface area (Å²) >= 11 is 11.9. The fraction of sp³-hybridized carbons (Fsp3) is 0.0588. The summed E-state index contributed by atoms with van der Waals surface area (Å²) in [4.78, 5) is 23.2. The zero-order valence-electron chi connectivity index (χ0n) is 12.4. The molecule has 2 aromatic carbocycles. The fourth-order valence-electron chi connectivity index (χ4n) is 2.05. The van der Waals surface area contributed by atoms with Crippen molar-refractivity contribution >= 4 is 46.3 Å². The lowest BCUT2D eigenvalue weighted by Crippen LogP contribution is -2.12. The topological polar surface area (TPSA) is 66.4 Å². The number of hydrogen-bond acceptors (Lipinski definition) is 2. The first-order valence-electron chi connectivity index (χ1n) is 6.75. The maximum absolute atomic E-state index is 13.1. The van der Waals surface area contributed by atoms with Crippen LogP contribution in [0.1, 0.15) is 22.8 Å². The average molecular weight is 368 g/mol. The number of halogens is 3. The highest BCUT2D eigenvalue weighted by Crippen LogP contribution is 2.27. The van der Waals surface area contributed by atoms with E-state index in [1.165, 1.54) is 12.1 Å². The minimum Gasteiger partial charge on any atom is -0.478 e. The predicted octanol–water partition coefficient (Wildman–Crippen LogP) is 4.87. The van der Waals surface area contributed by atoms with Crippen LogP contribution in [0.25, 0.3) is 5.57 Å². The minimum absolute atomic E-state index is 0.000142. The Morgan fingerprint density at radius 1 is 1.12 bits per heavy atom. The molecule has 0 aromatic heterocycles. The van der Waals surface area contributed by atoms with Crippen molar-refractivity contribution in [3.63, 3.8) is 0 Å². The molecule has 124 valence electrons. The molecule has 0 aliphatic heterocycles.